The zero-order valence-corrected chi connectivity index (χ0v) is 5.40. The molecule has 2 nitrogen and oxygen atoms in total. The zero-order chi connectivity index (χ0) is 5.86. The molecule has 0 unspecified atom stereocenters. The molecule has 7 heavy (non-hydrogen) atoms. The molecular formula is C4H9NOS. The molecule has 0 rings (SSSR count). The van der Waals surface area contributed by atoms with Gasteiger partial charge in [-0.15, -0.1) is 0 Å². The van der Waals surface area contributed by atoms with Crippen LogP contribution in [0.15, 0.2) is 0 Å². The largest absolute Gasteiger partial charge is 0.292 e. The fourth-order valence-corrected chi connectivity index (χ4v) is 0.370. The summed E-state index contributed by atoms with van der Waals surface area (Å²) in [6.07, 6.45) is 0.528. The highest BCUT2D eigenvalue weighted by molar-refractivity contribution is 7.78. The molecule has 0 aromatic carbocycles. The van der Waals surface area contributed by atoms with Crippen LogP contribution in [0.1, 0.15) is 13.3 Å². The molecule has 0 atom stereocenters. The molecule has 1 amide bonds. The molecule has 0 aromatic rings. The maximum atomic E-state index is 10.4. The SMILES string of the molecule is CCC(=O)N(C)S. The van der Waals surface area contributed by atoms with Gasteiger partial charge in [-0.05, 0) is 0 Å². The number of nitrogens with zero attached hydrogens (tertiary/aromatic N) is 1. The molecule has 0 aliphatic heterocycles. The van der Waals surface area contributed by atoms with Crippen molar-refractivity contribution in [1.82, 2.24) is 4.31 Å². The number of amides is 1. The van der Waals surface area contributed by atoms with Crippen LogP contribution in [0.3, 0.4) is 0 Å². The maximum Gasteiger partial charge on any atom is 0.231 e. The molecule has 0 bridgehead atoms. The molecular weight excluding hydrogens is 110 g/mol. The first-order valence-electron chi connectivity index (χ1n) is 2.14. The minimum Gasteiger partial charge on any atom is -0.292 e. The molecule has 0 heterocycles. The van der Waals surface area contributed by atoms with Gasteiger partial charge >= 0.3 is 0 Å². The third kappa shape index (κ3) is 2.51. The lowest BCUT2D eigenvalue weighted by Crippen LogP contribution is -2.14. The predicted octanol–water partition coefficient (Wildman–Crippen LogP) is 0.700. The van der Waals surface area contributed by atoms with E-state index in [-0.39, 0.29) is 5.91 Å². The molecule has 0 radical (unpaired) electrons. The van der Waals surface area contributed by atoms with Crippen molar-refractivity contribution in [3.63, 3.8) is 0 Å². The van der Waals surface area contributed by atoms with Crippen molar-refractivity contribution in [2.75, 3.05) is 7.05 Å². The summed E-state index contributed by atoms with van der Waals surface area (Å²) in [6, 6.07) is 0. The summed E-state index contributed by atoms with van der Waals surface area (Å²) in [6.45, 7) is 1.80. The molecule has 0 aliphatic rings. The lowest BCUT2D eigenvalue weighted by Gasteiger charge is -2.03. The van der Waals surface area contributed by atoms with Gasteiger partial charge in [0.2, 0.25) is 5.91 Å². The maximum absolute atomic E-state index is 10.4. The molecule has 42 valence electrons. The topological polar surface area (TPSA) is 20.3 Å². The summed E-state index contributed by atoms with van der Waals surface area (Å²) >= 11 is 3.76. The Morgan fingerprint density at radius 1 is 1.86 bits per heavy atom. The van der Waals surface area contributed by atoms with Crippen LogP contribution in [0.5, 0.6) is 0 Å². The Balaban J connectivity index is 3.35. The predicted molar refractivity (Wildman–Crippen MR) is 32.0 cm³/mol. The molecule has 0 aliphatic carbocycles. The molecule has 0 N–H and O–H groups in total. The van der Waals surface area contributed by atoms with E-state index in [9.17, 15) is 4.79 Å². The first kappa shape index (κ1) is 6.82. The highest BCUT2D eigenvalue weighted by Gasteiger charge is 1.96. The Morgan fingerprint density at radius 2 is 2.29 bits per heavy atom. The van der Waals surface area contributed by atoms with Crippen LogP contribution in [0.25, 0.3) is 0 Å². The van der Waals surface area contributed by atoms with E-state index in [1.807, 2.05) is 0 Å². The van der Waals surface area contributed by atoms with E-state index in [0.29, 0.717) is 6.42 Å². The molecule has 0 saturated heterocycles. The minimum absolute atomic E-state index is 0.0448. The van der Waals surface area contributed by atoms with Crippen LogP contribution < -0.4 is 0 Å². The summed E-state index contributed by atoms with van der Waals surface area (Å²) in [5, 5.41) is 0. The Labute approximate surface area is 49.0 Å². The standard InChI is InChI=1S/C4H9NOS/c1-3-4(6)5(2)7/h7H,3H2,1-2H3. The van der Waals surface area contributed by atoms with Gasteiger partial charge in [-0.3, -0.25) is 9.10 Å². The van der Waals surface area contributed by atoms with Crippen molar-refractivity contribution < 1.29 is 4.79 Å². The fourth-order valence-electron chi connectivity index (χ4n) is 0.229. The molecule has 0 spiro atoms. The second-order valence-electron chi connectivity index (χ2n) is 1.27. The number of thiol groups is 1. The van der Waals surface area contributed by atoms with E-state index in [2.05, 4.69) is 12.8 Å². The second kappa shape index (κ2) is 2.91. The van der Waals surface area contributed by atoms with Crippen LogP contribution in [0.2, 0.25) is 0 Å². The highest BCUT2D eigenvalue weighted by Crippen LogP contribution is 1.90. The number of hydrogen-bond donors (Lipinski definition) is 1. The summed E-state index contributed by atoms with van der Waals surface area (Å²) in [5.41, 5.74) is 0. The summed E-state index contributed by atoms with van der Waals surface area (Å²) < 4.78 is 1.28. The van der Waals surface area contributed by atoms with Crippen LogP contribution in [0, 0.1) is 0 Å². The number of carbonyl (C=O) groups is 1. The number of carbonyl (C=O) groups excluding carboxylic acids is 1. The minimum atomic E-state index is 0.0448. The van der Waals surface area contributed by atoms with Crippen LogP contribution in [0.4, 0.5) is 0 Å². The van der Waals surface area contributed by atoms with Crippen molar-refractivity contribution in [1.29, 1.82) is 0 Å². The third-order valence-corrected chi connectivity index (χ3v) is 0.886. The lowest BCUT2D eigenvalue weighted by atomic mass is 10.5. The van der Waals surface area contributed by atoms with Crippen LogP contribution in [-0.2, 0) is 4.79 Å². The van der Waals surface area contributed by atoms with E-state index in [1.54, 1.807) is 14.0 Å². The van der Waals surface area contributed by atoms with E-state index in [0.717, 1.165) is 0 Å². The molecule has 3 heteroatoms. The summed E-state index contributed by atoms with van der Waals surface area (Å²) in [5.74, 6) is 0.0448. The average Bonchev–Trinajstić information content (AvgIpc) is 1.65. The van der Waals surface area contributed by atoms with Crippen LogP contribution >= 0.6 is 12.8 Å². The van der Waals surface area contributed by atoms with Gasteiger partial charge in [0.25, 0.3) is 0 Å². The zero-order valence-electron chi connectivity index (χ0n) is 4.51. The average molecular weight is 119 g/mol. The van der Waals surface area contributed by atoms with E-state index >= 15 is 0 Å². The lowest BCUT2D eigenvalue weighted by molar-refractivity contribution is -0.124. The van der Waals surface area contributed by atoms with Gasteiger partial charge in [0.15, 0.2) is 0 Å². The van der Waals surface area contributed by atoms with Gasteiger partial charge in [-0.1, -0.05) is 19.7 Å². The first-order valence-corrected chi connectivity index (χ1v) is 2.54. The highest BCUT2D eigenvalue weighted by atomic mass is 32.1. The normalized spacial score (nSPS) is 8.43. The van der Waals surface area contributed by atoms with Crippen molar-refractivity contribution >= 4 is 18.7 Å². The van der Waals surface area contributed by atoms with E-state index in [4.69, 9.17) is 0 Å². The van der Waals surface area contributed by atoms with Gasteiger partial charge in [0.1, 0.15) is 0 Å². The van der Waals surface area contributed by atoms with Crippen LogP contribution in [-0.4, -0.2) is 17.3 Å². The third-order valence-electron chi connectivity index (χ3n) is 0.663. The monoisotopic (exact) mass is 119 g/mol. The summed E-state index contributed by atoms with van der Waals surface area (Å²) in [4.78, 5) is 10.4. The van der Waals surface area contributed by atoms with Gasteiger partial charge < -0.3 is 0 Å². The molecule has 0 aromatic heterocycles. The number of hydrogen-bond acceptors (Lipinski definition) is 2. The van der Waals surface area contributed by atoms with E-state index in [1.165, 1.54) is 4.31 Å². The quantitative estimate of drug-likeness (QED) is 0.504. The Kier molecular flexibility index (Phi) is 2.83. The first-order chi connectivity index (χ1) is 3.18. The summed E-state index contributed by atoms with van der Waals surface area (Å²) in [7, 11) is 1.62. The van der Waals surface area contributed by atoms with Gasteiger partial charge in [0, 0.05) is 13.5 Å². The van der Waals surface area contributed by atoms with Crippen molar-refractivity contribution in [2.45, 2.75) is 13.3 Å². The fraction of sp³-hybridized carbons (Fsp3) is 0.750. The van der Waals surface area contributed by atoms with Gasteiger partial charge in [-0.2, -0.15) is 0 Å². The van der Waals surface area contributed by atoms with Gasteiger partial charge in [0.05, 0.1) is 0 Å². The Bertz CT molecular complexity index is 72.1. The van der Waals surface area contributed by atoms with Gasteiger partial charge in [-0.25, -0.2) is 0 Å². The molecule has 0 saturated carbocycles. The molecule has 0 fully saturated rings. The Morgan fingerprint density at radius 3 is 2.29 bits per heavy atom. The number of rotatable bonds is 1. The van der Waals surface area contributed by atoms with E-state index < -0.39 is 0 Å². The van der Waals surface area contributed by atoms with Crippen molar-refractivity contribution in [3.8, 4) is 0 Å². The Hall–Kier alpha value is -0.180. The van der Waals surface area contributed by atoms with Crippen molar-refractivity contribution in [2.24, 2.45) is 0 Å². The smallest absolute Gasteiger partial charge is 0.231 e. The second-order valence-corrected chi connectivity index (χ2v) is 1.87. The van der Waals surface area contributed by atoms with Crippen molar-refractivity contribution in [3.05, 3.63) is 0 Å².